The van der Waals surface area contributed by atoms with Gasteiger partial charge in [0.05, 0.1) is 17.4 Å². The fourth-order valence-corrected chi connectivity index (χ4v) is 5.48. The molecule has 44 heavy (non-hydrogen) atoms. The van der Waals surface area contributed by atoms with E-state index in [4.69, 9.17) is 9.51 Å². The second-order valence-corrected chi connectivity index (χ2v) is 11.8. The number of imidazole rings is 1. The van der Waals surface area contributed by atoms with Crippen LogP contribution in [0.4, 0.5) is 28.4 Å². The lowest BCUT2D eigenvalue weighted by atomic mass is 10.1. The molecule has 6 aromatic rings. The number of benzene rings is 2. The minimum Gasteiger partial charge on any atom is -0.371 e. The number of rotatable bonds is 9. The molecule has 0 unspecified atom stereocenters. The van der Waals surface area contributed by atoms with E-state index in [-0.39, 0.29) is 0 Å². The Morgan fingerprint density at radius 2 is 1.68 bits per heavy atom. The van der Waals surface area contributed by atoms with Crippen molar-refractivity contribution in [3.05, 3.63) is 91.0 Å². The molecule has 1 saturated heterocycles. The van der Waals surface area contributed by atoms with Crippen molar-refractivity contribution in [1.29, 1.82) is 0 Å². The molecule has 0 bridgehead atoms. The molecule has 0 atom stereocenters. The van der Waals surface area contributed by atoms with Gasteiger partial charge in [0.15, 0.2) is 5.65 Å². The van der Waals surface area contributed by atoms with E-state index in [9.17, 15) is 14.4 Å². The number of phosphoric ester groups is 1. The average molecular weight is 609 g/mol. The number of phosphoric acid groups is 1. The topological polar surface area (TPSA) is 151 Å². The zero-order chi connectivity index (χ0) is 30.3. The van der Waals surface area contributed by atoms with Crippen molar-refractivity contribution in [1.82, 2.24) is 24.5 Å². The van der Waals surface area contributed by atoms with Crippen LogP contribution < -0.4 is 15.5 Å². The first-order valence-corrected chi connectivity index (χ1v) is 15.6. The number of aromatic nitrogens is 5. The van der Waals surface area contributed by atoms with Gasteiger partial charge in [0.2, 0.25) is 0 Å². The Labute approximate surface area is 252 Å². The molecule has 0 amide bonds. The van der Waals surface area contributed by atoms with E-state index in [1.807, 2.05) is 55.5 Å². The Bertz CT molecular complexity index is 2040. The van der Waals surface area contributed by atoms with Crippen molar-refractivity contribution < 1.29 is 18.9 Å². The van der Waals surface area contributed by atoms with Gasteiger partial charge in [0, 0.05) is 64.9 Å². The molecule has 5 heterocycles. The van der Waals surface area contributed by atoms with Gasteiger partial charge in [-0.05, 0) is 80.1 Å². The molecular weight excluding hydrogens is 579 g/mol. The number of pyridine rings is 3. The fraction of sp³-hybridized carbons (Fsp3) is 0.161. The molecule has 0 radical (unpaired) electrons. The summed E-state index contributed by atoms with van der Waals surface area (Å²) in [5.74, 6) is 0.456. The second kappa shape index (κ2) is 11.3. The molecule has 1 aliphatic rings. The van der Waals surface area contributed by atoms with Crippen molar-refractivity contribution >= 4 is 58.3 Å². The Balaban J connectivity index is 1.20. The Morgan fingerprint density at radius 1 is 0.864 bits per heavy atom. The first kappa shape index (κ1) is 27.9. The molecule has 0 saturated carbocycles. The minimum absolute atomic E-state index is 0.424. The van der Waals surface area contributed by atoms with Crippen molar-refractivity contribution in [2.75, 3.05) is 28.6 Å². The van der Waals surface area contributed by atoms with E-state index in [2.05, 4.69) is 48.7 Å². The smallest absolute Gasteiger partial charge is 0.371 e. The Kier molecular flexibility index (Phi) is 7.19. The molecule has 0 spiro atoms. The zero-order valence-corrected chi connectivity index (χ0v) is 24.6. The number of nitrogens with one attached hydrogen (secondary N) is 2. The van der Waals surface area contributed by atoms with Crippen molar-refractivity contribution in [2.24, 2.45) is 0 Å². The van der Waals surface area contributed by atoms with Crippen LogP contribution in [0.2, 0.25) is 0 Å². The molecule has 1 aliphatic heterocycles. The first-order valence-electron chi connectivity index (χ1n) is 14.1. The molecule has 4 aromatic heterocycles. The van der Waals surface area contributed by atoms with Gasteiger partial charge < -0.3 is 25.3 Å². The number of fused-ring (bicyclic) bond motifs is 2. The van der Waals surface area contributed by atoms with E-state index in [0.29, 0.717) is 22.7 Å². The van der Waals surface area contributed by atoms with E-state index >= 15 is 0 Å². The van der Waals surface area contributed by atoms with Gasteiger partial charge in [-0.1, -0.05) is 0 Å². The minimum atomic E-state index is -4.74. The molecule has 4 N–H and O–H groups in total. The lowest BCUT2D eigenvalue weighted by Gasteiger charge is -2.33. The second-order valence-electron chi connectivity index (χ2n) is 10.6. The number of aryl methyl sites for hydroxylation is 1. The highest BCUT2D eigenvalue weighted by atomic mass is 31.2. The third kappa shape index (κ3) is 5.84. The normalized spacial score (nSPS) is 13.3. The standard InChI is InChI=1S/C31H29N8O4P/c1-20-15-23(9-11-32-20)35-24-16-29-31(34-18-24)39(19-43-44(40,41)42)30(37-29)21-3-5-22(6-4-21)36-28-10-12-33-27-8-7-25(17-26(27)28)38-13-2-14-38/h3-12,15-18H,2,13-14,19H2,1H3,(H,32,35)(H,33,36)(H2,40,41,42). The molecular formula is C31H29N8O4P. The van der Waals surface area contributed by atoms with Gasteiger partial charge in [-0.25, -0.2) is 14.5 Å². The van der Waals surface area contributed by atoms with Gasteiger partial charge in [0.25, 0.3) is 0 Å². The van der Waals surface area contributed by atoms with Crippen LogP contribution in [0.15, 0.2) is 85.3 Å². The lowest BCUT2D eigenvalue weighted by Crippen LogP contribution is -2.36. The summed E-state index contributed by atoms with van der Waals surface area (Å²) < 4.78 is 18.0. The Morgan fingerprint density at radius 3 is 2.43 bits per heavy atom. The van der Waals surface area contributed by atoms with Crippen LogP contribution in [0, 0.1) is 6.92 Å². The predicted molar refractivity (Wildman–Crippen MR) is 170 cm³/mol. The maximum absolute atomic E-state index is 11.6. The van der Waals surface area contributed by atoms with E-state index < -0.39 is 14.6 Å². The van der Waals surface area contributed by atoms with E-state index in [1.165, 1.54) is 12.1 Å². The fourth-order valence-electron chi connectivity index (χ4n) is 5.22. The quantitative estimate of drug-likeness (QED) is 0.141. The zero-order valence-electron chi connectivity index (χ0n) is 23.8. The lowest BCUT2D eigenvalue weighted by molar-refractivity contribution is 0.156. The van der Waals surface area contributed by atoms with Gasteiger partial charge in [-0.2, -0.15) is 0 Å². The first-order chi connectivity index (χ1) is 21.3. The molecule has 12 nitrogen and oxygen atoms in total. The van der Waals surface area contributed by atoms with Gasteiger partial charge >= 0.3 is 7.82 Å². The van der Waals surface area contributed by atoms with Gasteiger partial charge in [-0.15, -0.1) is 0 Å². The van der Waals surface area contributed by atoms with Crippen molar-refractivity contribution in [2.45, 2.75) is 20.1 Å². The Hall–Kier alpha value is -4.87. The van der Waals surface area contributed by atoms with Crippen LogP contribution >= 0.6 is 7.82 Å². The van der Waals surface area contributed by atoms with Crippen LogP contribution in [-0.2, 0) is 15.8 Å². The molecule has 2 aromatic carbocycles. The average Bonchev–Trinajstić information content (AvgIpc) is 3.33. The third-order valence-corrected chi connectivity index (χ3v) is 7.95. The highest BCUT2D eigenvalue weighted by molar-refractivity contribution is 7.46. The van der Waals surface area contributed by atoms with Crippen LogP contribution in [0.3, 0.4) is 0 Å². The summed E-state index contributed by atoms with van der Waals surface area (Å²) in [5.41, 5.74) is 8.02. The SMILES string of the molecule is Cc1cc(Nc2cnc3c(c2)nc(-c2ccc(Nc4ccnc5ccc(N6CCC6)cc45)cc2)n3COP(=O)(O)O)ccn1. The maximum atomic E-state index is 11.6. The van der Waals surface area contributed by atoms with Gasteiger partial charge in [0.1, 0.15) is 18.1 Å². The summed E-state index contributed by atoms with van der Waals surface area (Å²) in [6.45, 7) is 3.61. The van der Waals surface area contributed by atoms with Crippen LogP contribution in [0.1, 0.15) is 12.1 Å². The molecule has 1 fully saturated rings. The number of anilines is 5. The predicted octanol–water partition coefficient (Wildman–Crippen LogP) is 6.11. The molecule has 13 heteroatoms. The summed E-state index contributed by atoms with van der Waals surface area (Å²) in [4.78, 5) is 39.2. The summed E-state index contributed by atoms with van der Waals surface area (Å²) >= 11 is 0. The molecule has 0 aliphatic carbocycles. The largest absolute Gasteiger partial charge is 0.471 e. The monoisotopic (exact) mass is 608 g/mol. The number of hydrogen-bond donors (Lipinski definition) is 4. The van der Waals surface area contributed by atoms with E-state index in [1.54, 1.807) is 23.2 Å². The number of hydrogen-bond acceptors (Lipinski definition) is 9. The van der Waals surface area contributed by atoms with E-state index in [0.717, 1.165) is 52.3 Å². The van der Waals surface area contributed by atoms with Crippen LogP contribution in [0.25, 0.3) is 33.5 Å². The highest BCUT2D eigenvalue weighted by Crippen LogP contribution is 2.38. The summed E-state index contributed by atoms with van der Waals surface area (Å²) in [7, 11) is -4.74. The highest BCUT2D eigenvalue weighted by Gasteiger charge is 2.20. The third-order valence-electron chi connectivity index (χ3n) is 7.49. The van der Waals surface area contributed by atoms with Crippen molar-refractivity contribution in [3.8, 4) is 11.4 Å². The van der Waals surface area contributed by atoms with Crippen LogP contribution in [-0.4, -0.2) is 47.4 Å². The van der Waals surface area contributed by atoms with Gasteiger partial charge in [-0.3, -0.25) is 19.1 Å². The van der Waals surface area contributed by atoms with Crippen LogP contribution in [0.5, 0.6) is 0 Å². The summed E-state index contributed by atoms with van der Waals surface area (Å²) in [6.07, 6.45) is 6.35. The number of nitrogens with zero attached hydrogens (tertiary/aromatic N) is 6. The van der Waals surface area contributed by atoms with Crippen molar-refractivity contribution in [3.63, 3.8) is 0 Å². The summed E-state index contributed by atoms with van der Waals surface area (Å²) in [5, 5.41) is 7.85. The summed E-state index contributed by atoms with van der Waals surface area (Å²) in [6, 6.07) is 21.5. The molecule has 7 rings (SSSR count). The maximum Gasteiger partial charge on any atom is 0.471 e. The molecule has 222 valence electrons.